The van der Waals surface area contributed by atoms with Crippen molar-refractivity contribution in [3.8, 4) is 5.75 Å². The second-order valence-corrected chi connectivity index (χ2v) is 7.85. The second kappa shape index (κ2) is 14.3. The molecule has 0 unspecified atom stereocenters. The number of thioether (sulfide) groups is 1. The summed E-state index contributed by atoms with van der Waals surface area (Å²) in [6.07, 6.45) is 6.66. The number of guanidine groups is 1. The highest BCUT2D eigenvalue weighted by atomic mass is 127. The molecule has 28 heavy (non-hydrogen) atoms. The minimum absolute atomic E-state index is 0. The van der Waals surface area contributed by atoms with Crippen molar-refractivity contribution < 1.29 is 9.13 Å². The van der Waals surface area contributed by atoms with Crippen LogP contribution in [0.1, 0.15) is 31.2 Å². The number of hydrogen-bond donors (Lipinski definition) is 2. The van der Waals surface area contributed by atoms with E-state index in [9.17, 15) is 4.39 Å². The standard InChI is InChI=1S/C20H33FN4OS.HI/c1-22-20(23-10-4-5-13-27-3)24-17-8-11-25(12-9-17)15-16-6-7-19(26-2)18(21)14-16;/h6-7,14,17H,4-5,8-13,15H2,1-3H3,(H2,22,23,24);1H. The summed E-state index contributed by atoms with van der Waals surface area (Å²) in [6, 6.07) is 5.65. The van der Waals surface area contributed by atoms with E-state index in [1.165, 1.54) is 25.7 Å². The van der Waals surface area contributed by atoms with Crippen molar-refractivity contribution in [3.63, 3.8) is 0 Å². The number of rotatable bonds is 9. The van der Waals surface area contributed by atoms with Gasteiger partial charge in [-0.2, -0.15) is 11.8 Å². The van der Waals surface area contributed by atoms with Gasteiger partial charge >= 0.3 is 0 Å². The summed E-state index contributed by atoms with van der Waals surface area (Å²) in [5.41, 5.74) is 0.988. The number of methoxy groups -OCH3 is 1. The smallest absolute Gasteiger partial charge is 0.191 e. The average Bonchev–Trinajstić information content (AvgIpc) is 2.68. The van der Waals surface area contributed by atoms with E-state index >= 15 is 0 Å². The predicted molar refractivity (Wildman–Crippen MR) is 129 cm³/mol. The van der Waals surface area contributed by atoms with Gasteiger partial charge < -0.3 is 15.4 Å². The van der Waals surface area contributed by atoms with Crippen LogP contribution < -0.4 is 15.4 Å². The Hall–Kier alpha value is -0.740. The van der Waals surface area contributed by atoms with Gasteiger partial charge in [0, 0.05) is 39.3 Å². The molecule has 2 rings (SSSR count). The molecule has 1 fully saturated rings. The molecule has 0 amide bonds. The third-order valence-electron chi connectivity index (χ3n) is 4.84. The van der Waals surface area contributed by atoms with Crippen LogP contribution in [0, 0.1) is 5.82 Å². The first-order valence-corrected chi connectivity index (χ1v) is 11.1. The van der Waals surface area contributed by atoms with Crippen LogP contribution in [0.25, 0.3) is 0 Å². The summed E-state index contributed by atoms with van der Waals surface area (Å²) in [5.74, 6) is 2.12. The number of unbranched alkanes of at least 4 members (excludes halogenated alkanes) is 1. The van der Waals surface area contributed by atoms with Crippen LogP contribution in [-0.2, 0) is 6.54 Å². The molecule has 0 aliphatic carbocycles. The molecule has 1 saturated heterocycles. The van der Waals surface area contributed by atoms with Crippen molar-refractivity contribution in [2.45, 2.75) is 38.3 Å². The van der Waals surface area contributed by atoms with Crippen molar-refractivity contribution >= 4 is 41.7 Å². The molecule has 1 aliphatic heterocycles. The molecule has 0 saturated carbocycles. The van der Waals surface area contributed by atoms with Crippen LogP contribution in [0.4, 0.5) is 4.39 Å². The van der Waals surface area contributed by atoms with Crippen LogP contribution in [0.3, 0.4) is 0 Å². The maximum absolute atomic E-state index is 13.8. The van der Waals surface area contributed by atoms with E-state index in [0.29, 0.717) is 11.8 Å². The number of hydrogen-bond acceptors (Lipinski definition) is 4. The number of nitrogens with zero attached hydrogens (tertiary/aromatic N) is 2. The predicted octanol–water partition coefficient (Wildman–Crippen LogP) is 3.72. The van der Waals surface area contributed by atoms with Gasteiger partial charge in [0.1, 0.15) is 0 Å². The lowest BCUT2D eigenvalue weighted by Gasteiger charge is -2.33. The Morgan fingerprint density at radius 3 is 2.68 bits per heavy atom. The highest BCUT2D eigenvalue weighted by Gasteiger charge is 2.20. The van der Waals surface area contributed by atoms with Crippen LogP contribution in [-0.4, -0.2) is 62.7 Å². The third-order valence-corrected chi connectivity index (χ3v) is 5.54. The molecule has 5 nitrogen and oxygen atoms in total. The molecule has 0 spiro atoms. The van der Waals surface area contributed by atoms with Gasteiger partial charge in [-0.05, 0) is 55.4 Å². The largest absolute Gasteiger partial charge is 0.494 e. The van der Waals surface area contributed by atoms with E-state index in [1.54, 1.807) is 12.1 Å². The minimum Gasteiger partial charge on any atom is -0.494 e. The Balaban J connectivity index is 0.00000392. The summed E-state index contributed by atoms with van der Waals surface area (Å²) in [4.78, 5) is 6.71. The summed E-state index contributed by atoms with van der Waals surface area (Å²) >= 11 is 1.89. The number of benzene rings is 1. The molecule has 0 atom stereocenters. The van der Waals surface area contributed by atoms with Gasteiger partial charge in [-0.1, -0.05) is 6.07 Å². The SMILES string of the molecule is CN=C(NCCCCSC)NC1CCN(Cc2ccc(OC)c(F)c2)CC1.I. The van der Waals surface area contributed by atoms with E-state index in [-0.39, 0.29) is 29.8 Å². The van der Waals surface area contributed by atoms with Gasteiger partial charge in [-0.3, -0.25) is 9.89 Å². The van der Waals surface area contributed by atoms with E-state index in [1.807, 2.05) is 24.9 Å². The summed E-state index contributed by atoms with van der Waals surface area (Å²) in [7, 11) is 3.31. The lowest BCUT2D eigenvalue weighted by molar-refractivity contribution is 0.198. The molecular weight excluding hydrogens is 490 g/mol. The Labute approximate surface area is 190 Å². The van der Waals surface area contributed by atoms with Crippen molar-refractivity contribution in [2.75, 3.05) is 45.8 Å². The van der Waals surface area contributed by atoms with Crippen molar-refractivity contribution in [1.29, 1.82) is 0 Å². The first kappa shape index (κ1) is 25.3. The topological polar surface area (TPSA) is 48.9 Å². The van der Waals surface area contributed by atoms with Crippen molar-refractivity contribution in [1.82, 2.24) is 15.5 Å². The fourth-order valence-corrected chi connectivity index (χ4v) is 3.76. The van der Waals surface area contributed by atoms with E-state index in [4.69, 9.17) is 4.74 Å². The second-order valence-electron chi connectivity index (χ2n) is 6.86. The summed E-state index contributed by atoms with van der Waals surface area (Å²) in [5, 5.41) is 6.94. The van der Waals surface area contributed by atoms with Crippen molar-refractivity contribution in [2.24, 2.45) is 4.99 Å². The van der Waals surface area contributed by atoms with Crippen LogP contribution in [0.15, 0.2) is 23.2 Å². The highest BCUT2D eigenvalue weighted by molar-refractivity contribution is 14.0. The highest BCUT2D eigenvalue weighted by Crippen LogP contribution is 2.20. The van der Waals surface area contributed by atoms with E-state index in [0.717, 1.165) is 50.5 Å². The Bertz CT molecular complexity index is 598. The quantitative estimate of drug-likeness (QED) is 0.223. The number of halogens is 2. The van der Waals surface area contributed by atoms with Gasteiger partial charge in [-0.15, -0.1) is 24.0 Å². The molecular formula is C20H34FIN4OS. The fourth-order valence-electron chi connectivity index (χ4n) is 3.27. The van der Waals surface area contributed by atoms with E-state index < -0.39 is 0 Å². The van der Waals surface area contributed by atoms with Gasteiger partial charge in [0.2, 0.25) is 0 Å². The first-order chi connectivity index (χ1) is 13.2. The normalized spacial score (nSPS) is 15.8. The number of ether oxygens (including phenoxy) is 1. The van der Waals surface area contributed by atoms with Gasteiger partial charge in [0.25, 0.3) is 0 Å². The maximum Gasteiger partial charge on any atom is 0.191 e. The first-order valence-electron chi connectivity index (χ1n) is 9.67. The monoisotopic (exact) mass is 524 g/mol. The van der Waals surface area contributed by atoms with Crippen LogP contribution >= 0.6 is 35.7 Å². The Morgan fingerprint density at radius 2 is 2.07 bits per heavy atom. The molecule has 1 aromatic carbocycles. The zero-order chi connectivity index (χ0) is 19.5. The van der Waals surface area contributed by atoms with Gasteiger partial charge in [0.05, 0.1) is 7.11 Å². The summed E-state index contributed by atoms with van der Waals surface area (Å²) in [6.45, 7) is 3.73. The number of likely N-dealkylation sites (tertiary alicyclic amines) is 1. The van der Waals surface area contributed by atoms with Crippen LogP contribution in [0.5, 0.6) is 5.75 Å². The lowest BCUT2D eigenvalue weighted by Crippen LogP contribution is -2.48. The zero-order valence-electron chi connectivity index (χ0n) is 17.2. The molecule has 1 aliphatic rings. The number of piperidine rings is 1. The molecule has 1 aromatic rings. The van der Waals surface area contributed by atoms with Crippen LogP contribution in [0.2, 0.25) is 0 Å². The summed E-state index contributed by atoms with van der Waals surface area (Å²) < 4.78 is 18.8. The third kappa shape index (κ3) is 8.73. The number of aliphatic imine (C=N–C) groups is 1. The van der Waals surface area contributed by atoms with Gasteiger partial charge in [-0.25, -0.2) is 4.39 Å². The van der Waals surface area contributed by atoms with Crippen molar-refractivity contribution in [3.05, 3.63) is 29.6 Å². The van der Waals surface area contributed by atoms with Gasteiger partial charge in [0.15, 0.2) is 17.5 Å². The fraction of sp³-hybridized carbons (Fsp3) is 0.650. The molecule has 160 valence electrons. The average molecular weight is 524 g/mol. The maximum atomic E-state index is 13.8. The zero-order valence-corrected chi connectivity index (χ0v) is 20.3. The molecule has 0 aromatic heterocycles. The molecule has 1 heterocycles. The molecule has 2 N–H and O–H groups in total. The van der Waals surface area contributed by atoms with E-state index in [2.05, 4.69) is 26.8 Å². The molecule has 0 bridgehead atoms. The molecule has 0 radical (unpaired) electrons. The number of nitrogens with one attached hydrogen (secondary N) is 2. The minimum atomic E-state index is -0.293. The lowest BCUT2D eigenvalue weighted by atomic mass is 10.0. The Morgan fingerprint density at radius 1 is 1.32 bits per heavy atom. The Kier molecular flexibility index (Phi) is 12.9. The molecule has 8 heteroatoms.